The number of anilines is 1. The quantitative estimate of drug-likeness (QED) is 0.404. The van der Waals surface area contributed by atoms with Crippen LogP contribution in [0.3, 0.4) is 0 Å². The number of hydrogen-bond acceptors (Lipinski definition) is 4. The highest BCUT2D eigenvalue weighted by atomic mass is 32.2. The van der Waals surface area contributed by atoms with E-state index in [9.17, 15) is 18.0 Å². The Bertz CT molecular complexity index is 1330. The van der Waals surface area contributed by atoms with E-state index < -0.39 is 28.5 Å². The molecule has 0 saturated heterocycles. The van der Waals surface area contributed by atoms with Crippen molar-refractivity contribution < 1.29 is 18.0 Å². The molecule has 7 nitrogen and oxygen atoms in total. The number of carbonyl (C=O) groups is 2. The van der Waals surface area contributed by atoms with Crippen molar-refractivity contribution in [3.63, 3.8) is 0 Å². The number of aryl methyl sites for hydroxylation is 2. The van der Waals surface area contributed by atoms with Gasteiger partial charge in [-0.25, -0.2) is 8.42 Å². The minimum atomic E-state index is -4.06. The van der Waals surface area contributed by atoms with Gasteiger partial charge < -0.3 is 10.2 Å². The van der Waals surface area contributed by atoms with E-state index in [4.69, 9.17) is 0 Å². The first-order valence-corrected chi connectivity index (χ1v) is 13.8. The first-order chi connectivity index (χ1) is 17.6. The first-order valence-electron chi connectivity index (χ1n) is 12.4. The van der Waals surface area contributed by atoms with Gasteiger partial charge in [0.05, 0.1) is 10.6 Å². The van der Waals surface area contributed by atoms with Crippen molar-refractivity contribution >= 4 is 27.5 Å². The van der Waals surface area contributed by atoms with Crippen LogP contribution in [0.25, 0.3) is 0 Å². The Morgan fingerprint density at radius 2 is 1.59 bits per heavy atom. The number of rotatable bonds is 11. The molecule has 1 atom stereocenters. The zero-order valence-electron chi connectivity index (χ0n) is 21.8. The molecule has 0 radical (unpaired) electrons. The van der Waals surface area contributed by atoms with Crippen LogP contribution in [0.15, 0.2) is 83.8 Å². The normalized spacial score (nSPS) is 12.0. The van der Waals surface area contributed by atoms with Crippen molar-refractivity contribution in [2.45, 2.75) is 51.6 Å². The molecule has 0 spiro atoms. The maximum absolute atomic E-state index is 13.9. The fraction of sp³-hybridized carbons (Fsp3) is 0.310. The van der Waals surface area contributed by atoms with Crippen LogP contribution >= 0.6 is 0 Å². The molecule has 3 aromatic carbocycles. The van der Waals surface area contributed by atoms with Crippen LogP contribution in [-0.4, -0.2) is 44.3 Å². The maximum atomic E-state index is 13.9. The van der Waals surface area contributed by atoms with E-state index in [1.54, 1.807) is 43.3 Å². The van der Waals surface area contributed by atoms with Gasteiger partial charge in [-0.3, -0.25) is 13.9 Å². The number of nitrogens with one attached hydrogen (secondary N) is 1. The number of sulfonamides is 1. The lowest BCUT2D eigenvalue weighted by molar-refractivity contribution is -0.139. The Balaban J connectivity index is 2.02. The predicted molar refractivity (Wildman–Crippen MR) is 147 cm³/mol. The second-order valence-electron chi connectivity index (χ2n) is 9.08. The van der Waals surface area contributed by atoms with Gasteiger partial charge in [0.25, 0.3) is 10.0 Å². The number of hydrogen-bond donors (Lipinski definition) is 1. The van der Waals surface area contributed by atoms with E-state index in [0.29, 0.717) is 12.2 Å². The third kappa shape index (κ3) is 6.98. The fourth-order valence-corrected chi connectivity index (χ4v) is 5.41. The molecule has 0 aliphatic rings. The van der Waals surface area contributed by atoms with Gasteiger partial charge >= 0.3 is 0 Å². The van der Waals surface area contributed by atoms with E-state index >= 15 is 0 Å². The number of carbonyl (C=O) groups excluding carboxylic acids is 2. The van der Waals surface area contributed by atoms with E-state index in [1.807, 2.05) is 51.1 Å². The lowest BCUT2D eigenvalue weighted by Gasteiger charge is -2.32. The minimum Gasteiger partial charge on any atom is -0.354 e. The number of benzene rings is 3. The highest BCUT2D eigenvalue weighted by molar-refractivity contribution is 7.92. The molecular formula is C29H35N3O4S. The lowest BCUT2D eigenvalue weighted by atomic mass is 10.1. The zero-order chi connectivity index (χ0) is 27.0. The van der Waals surface area contributed by atoms with E-state index in [0.717, 1.165) is 27.4 Å². The summed E-state index contributed by atoms with van der Waals surface area (Å²) in [5, 5.41) is 2.85. The smallest absolute Gasteiger partial charge is 0.264 e. The van der Waals surface area contributed by atoms with Gasteiger partial charge in [-0.15, -0.1) is 0 Å². The van der Waals surface area contributed by atoms with Crippen LogP contribution < -0.4 is 9.62 Å². The van der Waals surface area contributed by atoms with Crippen molar-refractivity contribution in [2.75, 3.05) is 17.4 Å². The van der Waals surface area contributed by atoms with Crippen LogP contribution in [0.2, 0.25) is 0 Å². The van der Waals surface area contributed by atoms with Gasteiger partial charge in [-0.05, 0) is 68.1 Å². The lowest BCUT2D eigenvalue weighted by Crippen LogP contribution is -2.51. The third-order valence-electron chi connectivity index (χ3n) is 6.22. The summed E-state index contributed by atoms with van der Waals surface area (Å²) in [5.74, 6) is -0.750. The van der Waals surface area contributed by atoms with Crippen molar-refractivity contribution in [3.05, 3.63) is 95.6 Å². The SMILES string of the molecule is CCCNC(=O)[C@H](C)N(Cc1ccccc1C)C(=O)CN(c1cccc(C)c1)S(=O)(=O)c1ccccc1. The third-order valence-corrected chi connectivity index (χ3v) is 8.01. The molecule has 37 heavy (non-hydrogen) atoms. The van der Waals surface area contributed by atoms with E-state index in [2.05, 4.69) is 5.32 Å². The molecule has 3 rings (SSSR count). The van der Waals surface area contributed by atoms with E-state index in [1.165, 1.54) is 17.0 Å². The molecule has 196 valence electrons. The molecule has 2 amide bonds. The van der Waals surface area contributed by atoms with Crippen molar-refractivity contribution in [2.24, 2.45) is 0 Å². The monoisotopic (exact) mass is 521 g/mol. The van der Waals surface area contributed by atoms with Gasteiger partial charge in [-0.2, -0.15) is 0 Å². The molecule has 8 heteroatoms. The minimum absolute atomic E-state index is 0.0866. The van der Waals surface area contributed by atoms with Gasteiger partial charge in [0.1, 0.15) is 12.6 Å². The second-order valence-corrected chi connectivity index (χ2v) is 10.9. The summed E-state index contributed by atoms with van der Waals surface area (Å²) in [5.41, 5.74) is 3.12. The van der Waals surface area contributed by atoms with Crippen LogP contribution in [-0.2, 0) is 26.2 Å². The fourth-order valence-electron chi connectivity index (χ4n) is 3.98. The Hall–Kier alpha value is -3.65. The summed E-state index contributed by atoms with van der Waals surface area (Å²) in [6.45, 7) is 7.66. The van der Waals surface area contributed by atoms with Crippen molar-refractivity contribution in [1.82, 2.24) is 10.2 Å². The maximum Gasteiger partial charge on any atom is 0.264 e. The van der Waals surface area contributed by atoms with Crippen LogP contribution in [0.5, 0.6) is 0 Å². The summed E-state index contributed by atoms with van der Waals surface area (Å²) in [6.07, 6.45) is 0.765. The van der Waals surface area contributed by atoms with Gasteiger partial charge in [0.2, 0.25) is 11.8 Å². The van der Waals surface area contributed by atoms with E-state index in [-0.39, 0.29) is 17.3 Å². The summed E-state index contributed by atoms with van der Waals surface area (Å²) in [7, 11) is -4.06. The van der Waals surface area contributed by atoms with Gasteiger partial charge in [0, 0.05) is 13.1 Å². The van der Waals surface area contributed by atoms with Crippen LogP contribution in [0.4, 0.5) is 5.69 Å². The average molecular weight is 522 g/mol. The molecule has 0 bridgehead atoms. The molecule has 0 aromatic heterocycles. The Labute approximate surface area is 220 Å². The molecule has 1 N–H and O–H groups in total. The summed E-state index contributed by atoms with van der Waals surface area (Å²) >= 11 is 0. The summed E-state index contributed by atoms with van der Waals surface area (Å²) in [4.78, 5) is 28.3. The van der Waals surface area contributed by atoms with Gasteiger partial charge in [0.15, 0.2) is 0 Å². The Morgan fingerprint density at radius 1 is 0.919 bits per heavy atom. The standard InChI is InChI=1S/C29H35N3O4S/c1-5-18-30-29(34)24(4)31(20-25-14-10-9-13-23(25)3)28(33)21-32(26-15-11-12-22(2)19-26)37(35,36)27-16-7-6-8-17-27/h6-17,19,24H,5,18,20-21H2,1-4H3,(H,30,34)/t24-/m0/s1. The Kier molecular flexibility index (Phi) is 9.47. The average Bonchev–Trinajstić information content (AvgIpc) is 2.89. The predicted octanol–water partition coefficient (Wildman–Crippen LogP) is 4.44. The molecule has 0 saturated carbocycles. The first kappa shape index (κ1) is 27.9. The molecule has 3 aromatic rings. The number of nitrogens with zero attached hydrogens (tertiary/aromatic N) is 2. The van der Waals surface area contributed by atoms with Crippen molar-refractivity contribution in [3.8, 4) is 0 Å². The Morgan fingerprint density at radius 3 is 2.24 bits per heavy atom. The topological polar surface area (TPSA) is 86.8 Å². The molecule has 0 heterocycles. The van der Waals surface area contributed by atoms with Gasteiger partial charge in [-0.1, -0.05) is 61.5 Å². The van der Waals surface area contributed by atoms with Crippen LogP contribution in [0.1, 0.15) is 37.0 Å². The summed E-state index contributed by atoms with van der Waals surface area (Å²) < 4.78 is 28.6. The number of amides is 2. The highest BCUT2D eigenvalue weighted by Crippen LogP contribution is 2.25. The molecular weight excluding hydrogens is 486 g/mol. The van der Waals surface area contributed by atoms with Crippen molar-refractivity contribution in [1.29, 1.82) is 0 Å². The largest absolute Gasteiger partial charge is 0.354 e. The zero-order valence-corrected chi connectivity index (χ0v) is 22.7. The molecule has 0 aliphatic carbocycles. The molecule has 0 fully saturated rings. The summed E-state index contributed by atoms with van der Waals surface area (Å²) in [6, 6.07) is 21.9. The highest BCUT2D eigenvalue weighted by Gasteiger charge is 2.32. The molecule has 0 aliphatic heterocycles. The second kappa shape index (κ2) is 12.5. The molecule has 0 unspecified atom stereocenters. The van der Waals surface area contributed by atoms with Crippen LogP contribution in [0, 0.1) is 13.8 Å².